The van der Waals surface area contributed by atoms with Gasteiger partial charge in [0.05, 0.1) is 13.0 Å². The van der Waals surface area contributed by atoms with E-state index in [2.05, 4.69) is 25.4 Å². The first-order valence-electron chi connectivity index (χ1n) is 9.44. The van der Waals surface area contributed by atoms with Gasteiger partial charge in [0.1, 0.15) is 18.3 Å². The van der Waals surface area contributed by atoms with Crippen molar-refractivity contribution in [2.45, 2.75) is 25.8 Å². The molecule has 2 N–H and O–H groups in total. The first-order valence-corrected chi connectivity index (χ1v) is 9.44. The lowest BCUT2D eigenvalue weighted by molar-refractivity contribution is -0.126. The highest BCUT2D eigenvalue weighted by Crippen LogP contribution is 2.35. The zero-order valence-corrected chi connectivity index (χ0v) is 15.5. The van der Waals surface area contributed by atoms with Crippen LogP contribution in [0, 0.1) is 5.92 Å². The smallest absolute Gasteiger partial charge is 0.226 e. The Morgan fingerprint density at radius 2 is 2.33 bits per heavy atom. The topological polar surface area (TPSA) is 90.3 Å². The van der Waals surface area contributed by atoms with Crippen LogP contribution < -0.4 is 20.1 Å². The largest absolute Gasteiger partial charge is 0.493 e. The summed E-state index contributed by atoms with van der Waals surface area (Å²) in [6.07, 6.45) is 2.22. The molecule has 0 saturated carbocycles. The normalized spacial score (nSPS) is 18.6. The number of para-hydroxylation sites is 1. The highest BCUT2D eigenvalue weighted by Gasteiger charge is 2.27. The summed E-state index contributed by atoms with van der Waals surface area (Å²) < 4.78 is 13.3. The summed E-state index contributed by atoms with van der Waals surface area (Å²) in [5, 5.41) is 15.0. The molecule has 0 spiro atoms. The molecular weight excluding hydrogens is 346 g/mol. The van der Waals surface area contributed by atoms with Crippen LogP contribution in [0.2, 0.25) is 0 Å². The molecule has 0 unspecified atom stereocenters. The Bertz CT molecular complexity index is 820. The number of aromatic nitrogens is 3. The van der Waals surface area contributed by atoms with Crippen LogP contribution in [-0.2, 0) is 30.6 Å². The minimum absolute atomic E-state index is 0.0146. The van der Waals surface area contributed by atoms with Crippen molar-refractivity contribution in [3.8, 4) is 11.5 Å². The van der Waals surface area contributed by atoms with Crippen molar-refractivity contribution in [1.82, 2.24) is 25.4 Å². The zero-order valence-electron chi connectivity index (χ0n) is 15.5. The molecule has 1 aromatic heterocycles. The van der Waals surface area contributed by atoms with Gasteiger partial charge in [0, 0.05) is 39.0 Å². The predicted molar refractivity (Wildman–Crippen MR) is 99.0 cm³/mol. The van der Waals surface area contributed by atoms with E-state index in [-0.39, 0.29) is 11.8 Å². The molecule has 0 fully saturated rings. The lowest BCUT2D eigenvalue weighted by Gasteiger charge is -2.25. The average molecular weight is 371 g/mol. The van der Waals surface area contributed by atoms with E-state index in [9.17, 15) is 4.79 Å². The van der Waals surface area contributed by atoms with Gasteiger partial charge in [-0.15, -0.1) is 10.2 Å². The summed E-state index contributed by atoms with van der Waals surface area (Å²) >= 11 is 0. The molecular formula is C19H25N5O3. The molecule has 2 aromatic rings. The number of rotatable bonds is 5. The molecule has 1 atom stereocenters. The van der Waals surface area contributed by atoms with Gasteiger partial charge in [0.25, 0.3) is 0 Å². The fraction of sp³-hybridized carbons (Fsp3) is 0.526. The van der Waals surface area contributed by atoms with Gasteiger partial charge in [-0.1, -0.05) is 12.1 Å². The Morgan fingerprint density at radius 1 is 1.41 bits per heavy atom. The van der Waals surface area contributed by atoms with E-state index in [0.717, 1.165) is 49.0 Å². The molecule has 0 bridgehead atoms. The number of nitrogens with one attached hydrogen (secondary N) is 2. The number of carbonyl (C=O) groups is 1. The molecule has 27 heavy (non-hydrogen) atoms. The third kappa shape index (κ3) is 3.75. The number of hydrogen-bond acceptors (Lipinski definition) is 6. The Hall–Kier alpha value is -2.61. The van der Waals surface area contributed by atoms with Gasteiger partial charge < -0.3 is 24.7 Å². The first-order chi connectivity index (χ1) is 13.3. The Labute approximate surface area is 158 Å². The van der Waals surface area contributed by atoms with Crippen molar-refractivity contribution < 1.29 is 14.3 Å². The molecule has 2 aliphatic rings. The van der Waals surface area contributed by atoms with Crippen LogP contribution in [0.15, 0.2) is 18.2 Å². The molecule has 4 rings (SSSR count). The SMILES string of the molecule is COc1cccc2c1OC[C@H](C(=O)NCCc1nnc3n1CCNCC3)C2. The molecule has 0 saturated heterocycles. The second kappa shape index (κ2) is 7.96. The summed E-state index contributed by atoms with van der Waals surface area (Å²) in [6.45, 7) is 3.65. The Kier molecular flexibility index (Phi) is 5.24. The van der Waals surface area contributed by atoms with E-state index in [1.165, 1.54) is 0 Å². The third-order valence-electron chi connectivity index (χ3n) is 5.14. The number of amides is 1. The van der Waals surface area contributed by atoms with Gasteiger partial charge in [-0.2, -0.15) is 0 Å². The van der Waals surface area contributed by atoms with Crippen LogP contribution >= 0.6 is 0 Å². The standard InChI is InChI=1S/C19H25N5O3/c1-26-15-4-2-3-13-11-14(12-27-18(13)15)19(25)21-8-6-17-23-22-16-5-7-20-9-10-24(16)17/h2-4,14,20H,5-12H2,1H3,(H,21,25)/t14-/m1/s1. The molecule has 8 nitrogen and oxygen atoms in total. The van der Waals surface area contributed by atoms with E-state index in [1.54, 1.807) is 7.11 Å². The summed E-state index contributed by atoms with van der Waals surface area (Å²) in [5.74, 6) is 3.25. The maximum atomic E-state index is 12.6. The summed E-state index contributed by atoms with van der Waals surface area (Å²) in [7, 11) is 1.62. The number of carbonyl (C=O) groups excluding carboxylic acids is 1. The summed E-state index contributed by atoms with van der Waals surface area (Å²) in [4.78, 5) is 12.6. The van der Waals surface area contributed by atoms with E-state index >= 15 is 0 Å². The van der Waals surface area contributed by atoms with Crippen LogP contribution in [-0.4, -0.2) is 54.0 Å². The number of methoxy groups -OCH3 is 1. The number of hydrogen-bond donors (Lipinski definition) is 2. The van der Waals surface area contributed by atoms with Crippen molar-refractivity contribution in [2.75, 3.05) is 33.4 Å². The Balaban J connectivity index is 1.32. The van der Waals surface area contributed by atoms with E-state index < -0.39 is 0 Å². The van der Waals surface area contributed by atoms with Crippen molar-refractivity contribution in [1.29, 1.82) is 0 Å². The zero-order chi connectivity index (χ0) is 18.6. The quantitative estimate of drug-likeness (QED) is 0.788. The number of benzene rings is 1. The van der Waals surface area contributed by atoms with Crippen LogP contribution in [0.5, 0.6) is 11.5 Å². The van der Waals surface area contributed by atoms with E-state index in [4.69, 9.17) is 9.47 Å². The van der Waals surface area contributed by atoms with Gasteiger partial charge >= 0.3 is 0 Å². The first kappa shape index (κ1) is 17.8. The molecule has 144 valence electrons. The minimum Gasteiger partial charge on any atom is -0.493 e. The molecule has 2 aliphatic heterocycles. The van der Waals surface area contributed by atoms with Crippen LogP contribution in [0.4, 0.5) is 0 Å². The number of nitrogens with zero attached hydrogens (tertiary/aromatic N) is 3. The predicted octanol–water partition coefficient (Wildman–Crippen LogP) is 0.342. The maximum Gasteiger partial charge on any atom is 0.226 e. The van der Waals surface area contributed by atoms with Crippen LogP contribution in [0.1, 0.15) is 17.2 Å². The summed E-state index contributed by atoms with van der Waals surface area (Å²) in [5.41, 5.74) is 1.01. The highest BCUT2D eigenvalue weighted by molar-refractivity contribution is 5.79. The van der Waals surface area contributed by atoms with Crippen molar-refractivity contribution in [3.63, 3.8) is 0 Å². The summed E-state index contributed by atoms with van der Waals surface area (Å²) in [6, 6.07) is 5.78. The number of fused-ring (bicyclic) bond motifs is 2. The third-order valence-corrected chi connectivity index (χ3v) is 5.14. The van der Waals surface area contributed by atoms with Crippen LogP contribution in [0.3, 0.4) is 0 Å². The van der Waals surface area contributed by atoms with E-state index in [0.29, 0.717) is 31.7 Å². The monoisotopic (exact) mass is 371 g/mol. The molecule has 3 heterocycles. The second-order valence-corrected chi connectivity index (χ2v) is 6.89. The van der Waals surface area contributed by atoms with Gasteiger partial charge in [0.2, 0.25) is 5.91 Å². The molecule has 8 heteroatoms. The molecule has 0 aliphatic carbocycles. The lowest BCUT2D eigenvalue weighted by Crippen LogP contribution is -2.38. The fourth-order valence-corrected chi connectivity index (χ4v) is 3.68. The Morgan fingerprint density at radius 3 is 3.22 bits per heavy atom. The van der Waals surface area contributed by atoms with E-state index in [1.807, 2.05) is 18.2 Å². The van der Waals surface area contributed by atoms with Gasteiger partial charge in [-0.3, -0.25) is 4.79 Å². The average Bonchev–Trinajstić information content (AvgIpc) is 2.93. The van der Waals surface area contributed by atoms with Gasteiger partial charge in [-0.05, 0) is 18.1 Å². The number of ether oxygens (including phenoxy) is 2. The van der Waals surface area contributed by atoms with Gasteiger partial charge in [0.15, 0.2) is 11.5 Å². The highest BCUT2D eigenvalue weighted by atomic mass is 16.5. The maximum absolute atomic E-state index is 12.6. The van der Waals surface area contributed by atoms with Crippen molar-refractivity contribution in [2.24, 2.45) is 5.92 Å². The minimum atomic E-state index is -0.190. The van der Waals surface area contributed by atoms with Crippen molar-refractivity contribution >= 4 is 5.91 Å². The lowest BCUT2D eigenvalue weighted by atomic mass is 9.95. The molecule has 1 aromatic carbocycles. The van der Waals surface area contributed by atoms with Crippen LogP contribution in [0.25, 0.3) is 0 Å². The fourth-order valence-electron chi connectivity index (χ4n) is 3.68. The van der Waals surface area contributed by atoms with Crippen molar-refractivity contribution in [3.05, 3.63) is 35.4 Å². The second-order valence-electron chi connectivity index (χ2n) is 6.89. The molecule has 0 radical (unpaired) electrons. The molecule has 1 amide bonds. The van der Waals surface area contributed by atoms with Gasteiger partial charge in [-0.25, -0.2) is 0 Å².